The highest BCUT2D eigenvalue weighted by atomic mass is 32.2. The van der Waals surface area contributed by atoms with E-state index in [-0.39, 0.29) is 11.0 Å². The Morgan fingerprint density at radius 3 is 2.33 bits per heavy atom. The summed E-state index contributed by atoms with van der Waals surface area (Å²) < 4.78 is 42.6. The molecule has 0 spiro atoms. The van der Waals surface area contributed by atoms with Gasteiger partial charge in [0, 0.05) is 0 Å². The van der Waals surface area contributed by atoms with Gasteiger partial charge in [0.2, 0.25) is 0 Å². The molecule has 2 atom stereocenters. The molecule has 1 heterocycles. The molecular weight excluding hydrogens is 364 g/mol. The van der Waals surface area contributed by atoms with Crippen LogP contribution in [0.5, 0.6) is 0 Å². The van der Waals surface area contributed by atoms with Crippen molar-refractivity contribution in [2.45, 2.75) is 95.5 Å². The number of rotatable bonds is 11. The van der Waals surface area contributed by atoms with Crippen LogP contribution in [0.1, 0.15) is 71.3 Å². The monoisotopic (exact) mass is 398 g/mol. The minimum atomic E-state index is -3.84. The summed E-state index contributed by atoms with van der Waals surface area (Å²) in [6.45, 7) is 8.13. The molecule has 0 radical (unpaired) electrons. The molecule has 1 aliphatic heterocycles. The van der Waals surface area contributed by atoms with Crippen LogP contribution in [0.2, 0.25) is 0 Å². The van der Waals surface area contributed by atoms with E-state index in [1.165, 1.54) is 25.7 Å². The Kier molecular flexibility index (Phi) is 8.28. The quantitative estimate of drug-likeness (QED) is 0.389. The third-order valence-electron chi connectivity index (χ3n) is 4.85. The molecule has 0 saturated carbocycles. The second-order valence-corrected chi connectivity index (χ2v) is 9.40. The molecule has 0 N–H and O–H groups in total. The summed E-state index contributed by atoms with van der Waals surface area (Å²) in [6, 6.07) is 6.72. The van der Waals surface area contributed by atoms with Crippen molar-refractivity contribution >= 4 is 10.1 Å². The van der Waals surface area contributed by atoms with E-state index < -0.39 is 22.0 Å². The number of benzene rings is 1. The fourth-order valence-electron chi connectivity index (χ4n) is 3.24. The Hall–Kier alpha value is -0.950. The highest BCUT2D eigenvalue weighted by molar-refractivity contribution is 7.86. The van der Waals surface area contributed by atoms with Gasteiger partial charge < -0.3 is 9.47 Å². The summed E-state index contributed by atoms with van der Waals surface area (Å²) >= 11 is 0. The summed E-state index contributed by atoms with van der Waals surface area (Å²) in [4.78, 5) is 0.180. The second-order valence-electron chi connectivity index (χ2n) is 7.83. The molecule has 1 unspecified atom stereocenters. The van der Waals surface area contributed by atoms with Crippen molar-refractivity contribution in [3.05, 3.63) is 29.8 Å². The van der Waals surface area contributed by atoms with Gasteiger partial charge >= 0.3 is 0 Å². The fraction of sp³-hybridized carbons (Fsp3) is 0.714. The summed E-state index contributed by atoms with van der Waals surface area (Å²) in [7, 11) is -3.84. The Bertz CT molecular complexity index is 666. The Morgan fingerprint density at radius 1 is 1.11 bits per heavy atom. The van der Waals surface area contributed by atoms with Crippen molar-refractivity contribution in [2.24, 2.45) is 0 Å². The van der Waals surface area contributed by atoms with Crippen LogP contribution in [0.25, 0.3) is 0 Å². The zero-order valence-electron chi connectivity index (χ0n) is 17.1. The Balaban J connectivity index is 2.01. The summed E-state index contributed by atoms with van der Waals surface area (Å²) in [5.41, 5.74) is 1.01. The van der Waals surface area contributed by atoms with Crippen LogP contribution < -0.4 is 0 Å². The Morgan fingerprint density at radius 2 is 1.74 bits per heavy atom. The van der Waals surface area contributed by atoms with Crippen LogP contribution >= 0.6 is 0 Å². The predicted molar refractivity (Wildman–Crippen MR) is 106 cm³/mol. The van der Waals surface area contributed by atoms with Gasteiger partial charge in [0.1, 0.15) is 12.2 Å². The Labute approximate surface area is 164 Å². The molecule has 6 heteroatoms. The van der Waals surface area contributed by atoms with Gasteiger partial charge in [-0.25, -0.2) is 0 Å². The van der Waals surface area contributed by atoms with Gasteiger partial charge in [0.15, 0.2) is 5.79 Å². The van der Waals surface area contributed by atoms with Crippen LogP contribution in [0.15, 0.2) is 29.2 Å². The van der Waals surface area contributed by atoms with Crippen molar-refractivity contribution in [3.63, 3.8) is 0 Å². The molecule has 1 aromatic rings. The van der Waals surface area contributed by atoms with E-state index in [9.17, 15) is 8.42 Å². The van der Waals surface area contributed by atoms with E-state index in [2.05, 4.69) is 6.92 Å². The van der Waals surface area contributed by atoms with E-state index in [0.29, 0.717) is 13.0 Å². The lowest BCUT2D eigenvalue weighted by molar-refractivity contribution is -0.149. The zero-order chi connectivity index (χ0) is 19.9. The largest absolute Gasteiger partial charge is 0.348 e. The molecule has 2 rings (SSSR count). The molecule has 1 aliphatic rings. The average molecular weight is 399 g/mol. The van der Waals surface area contributed by atoms with Crippen molar-refractivity contribution < 1.29 is 22.1 Å². The van der Waals surface area contributed by atoms with Gasteiger partial charge in [-0.05, 0) is 39.3 Å². The summed E-state index contributed by atoms with van der Waals surface area (Å²) in [5.74, 6) is -0.707. The van der Waals surface area contributed by atoms with Crippen molar-refractivity contribution in [2.75, 3.05) is 6.61 Å². The number of unbranched alkanes of at least 4 members (excludes halogenated alkanes) is 5. The first kappa shape index (κ1) is 22.3. The fourth-order valence-corrected chi connectivity index (χ4v) is 4.37. The lowest BCUT2D eigenvalue weighted by atomic mass is 10.0. The summed E-state index contributed by atoms with van der Waals surface area (Å²) in [6.07, 6.45) is 6.55. The minimum Gasteiger partial charge on any atom is -0.348 e. The third kappa shape index (κ3) is 7.18. The van der Waals surface area contributed by atoms with E-state index in [4.69, 9.17) is 13.7 Å². The topological polar surface area (TPSA) is 61.8 Å². The number of aryl methyl sites for hydroxylation is 1. The van der Waals surface area contributed by atoms with E-state index in [0.717, 1.165) is 18.4 Å². The molecule has 0 amide bonds. The van der Waals surface area contributed by atoms with E-state index >= 15 is 0 Å². The molecule has 154 valence electrons. The normalized spacial score (nSPS) is 20.7. The first-order valence-electron chi connectivity index (χ1n) is 10.1. The molecule has 0 aromatic heterocycles. The van der Waals surface area contributed by atoms with Crippen LogP contribution in [0.4, 0.5) is 0 Å². The van der Waals surface area contributed by atoms with Gasteiger partial charge in [0.25, 0.3) is 10.1 Å². The lowest BCUT2D eigenvalue weighted by Gasteiger charge is -2.24. The van der Waals surface area contributed by atoms with Crippen LogP contribution in [-0.2, 0) is 23.8 Å². The molecule has 0 bridgehead atoms. The predicted octanol–water partition coefficient (Wildman–Crippen LogP) is 4.97. The maximum atomic E-state index is 12.7. The standard InChI is InChI=1S/C21H34O5S/c1-5-6-7-8-9-10-11-19(20-16-24-21(3,4)25-20)26-27(22,23)18-14-12-17(2)13-15-18/h12-15,19-20H,5-11,16H2,1-4H3/t19?,20-/m1/s1. The molecule has 1 saturated heterocycles. The van der Waals surface area contributed by atoms with Crippen molar-refractivity contribution in [3.8, 4) is 0 Å². The number of ether oxygens (including phenoxy) is 2. The molecule has 27 heavy (non-hydrogen) atoms. The molecule has 1 fully saturated rings. The molecule has 5 nitrogen and oxygen atoms in total. The maximum absolute atomic E-state index is 12.7. The summed E-state index contributed by atoms with van der Waals surface area (Å²) in [5, 5.41) is 0. The highest BCUT2D eigenvalue weighted by Gasteiger charge is 2.39. The second kappa shape index (κ2) is 10.0. The van der Waals surface area contributed by atoms with Gasteiger partial charge in [-0.2, -0.15) is 8.42 Å². The van der Waals surface area contributed by atoms with E-state index in [1.54, 1.807) is 24.3 Å². The average Bonchev–Trinajstić information content (AvgIpc) is 2.97. The smallest absolute Gasteiger partial charge is 0.297 e. The van der Waals surface area contributed by atoms with E-state index in [1.807, 2.05) is 20.8 Å². The van der Waals surface area contributed by atoms with Gasteiger partial charge in [-0.3, -0.25) is 4.18 Å². The molecule has 1 aromatic carbocycles. The third-order valence-corrected chi connectivity index (χ3v) is 6.20. The first-order chi connectivity index (χ1) is 12.7. The molecule has 0 aliphatic carbocycles. The van der Waals surface area contributed by atoms with Crippen LogP contribution in [0, 0.1) is 6.92 Å². The van der Waals surface area contributed by atoms with Gasteiger partial charge in [-0.15, -0.1) is 0 Å². The maximum Gasteiger partial charge on any atom is 0.297 e. The lowest BCUT2D eigenvalue weighted by Crippen LogP contribution is -2.34. The number of hydrogen-bond acceptors (Lipinski definition) is 5. The number of hydrogen-bond donors (Lipinski definition) is 0. The van der Waals surface area contributed by atoms with Crippen LogP contribution in [0.3, 0.4) is 0 Å². The zero-order valence-corrected chi connectivity index (χ0v) is 17.9. The molecular formula is C21H34O5S. The van der Waals surface area contributed by atoms with Crippen molar-refractivity contribution in [1.82, 2.24) is 0 Å². The van der Waals surface area contributed by atoms with Gasteiger partial charge in [-0.1, -0.05) is 63.1 Å². The first-order valence-corrected chi connectivity index (χ1v) is 11.5. The minimum absolute atomic E-state index is 0.180. The van der Waals surface area contributed by atoms with Crippen LogP contribution in [-0.4, -0.2) is 33.0 Å². The van der Waals surface area contributed by atoms with Gasteiger partial charge in [0.05, 0.1) is 11.5 Å². The highest BCUT2D eigenvalue weighted by Crippen LogP contribution is 2.29. The SMILES string of the molecule is CCCCCCCCC(OS(=O)(=O)c1ccc(C)cc1)[C@H]1COC(C)(C)O1. The van der Waals surface area contributed by atoms with Crippen molar-refractivity contribution in [1.29, 1.82) is 0 Å².